The van der Waals surface area contributed by atoms with Crippen molar-refractivity contribution in [3.05, 3.63) is 112 Å². The van der Waals surface area contributed by atoms with Crippen molar-refractivity contribution in [3.8, 4) is 22.5 Å². The SMILES string of the molecule is Cc1c[c-]c(-c2cc(C)c(C)cn2)cc1.[2H]C([2H])([2H])c1ccc2c(n1)oc1c(-c3nccc4c(C)c(C([2H])([2H])C(C)(C)C)sc34)[c-]ccc12.[Ir]. The van der Waals surface area contributed by atoms with E-state index in [1.807, 2.05) is 52.1 Å². The second kappa shape index (κ2) is 13.0. The number of aryl methyl sites for hydroxylation is 5. The number of pyridine rings is 3. The van der Waals surface area contributed by atoms with Crippen LogP contribution in [-0.2, 0) is 26.5 Å². The van der Waals surface area contributed by atoms with E-state index in [9.17, 15) is 0 Å². The van der Waals surface area contributed by atoms with Crippen molar-refractivity contribution >= 4 is 43.5 Å². The number of furan rings is 1. The van der Waals surface area contributed by atoms with Gasteiger partial charge < -0.3 is 14.4 Å². The van der Waals surface area contributed by atoms with Gasteiger partial charge in [0.25, 0.3) is 0 Å². The van der Waals surface area contributed by atoms with Crippen LogP contribution in [0.1, 0.15) is 60.4 Å². The van der Waals surface area contributed by atoms with E-state index in [0.29, 0.717) is 21.7 Å². The van der Waals surface area contributed by atoms with Gasteiger partial charge in [-0.15, -0.1) is 64.9 Å². The Kier molecular flexibility index (Phi) is 7.64. The first-order chi connectivity index (χ1) is 23.0. The first kappa shape index (κ1) is 26.5. The maximum atomic E-state index is 8.82. The van der Waals surface area contributed by atoms with Crippen LogP contribution in [0.25, 0.3) is 54.7 Å². The molecule has 0 fully saturated rings. The summed E-state index contributed by atoms with van der Waals surface area (Å²) >= 11 is 1.41. The molecule has 2 aromatic carbocycles. The van der Waals surface area contributed by atoms with Gasteiger partial charge in [0.2, 0.25) is 5.71 Å². The molecule has 4 nitrogen and oxygen atoms in total. The van der Waals surface area contributed by atoms with Crippen LogP contribution in [-0.4, -0.2) is 15.0 Å². The fraction of sp³-hybridized carbons (Fsp3) is 0.256. The van der Waals surface area contributed by atoms with Gasteiger partial charge in [-0.1, -0.05) is 50.3 Å². The van der Waals surface area contributed by atoms with Crippen molar-refractivity contribution < 1.29 is 31.4 Å². The van der Waals surface area contributed by atoms with E-state index >= 15 is 0 Å². The Morgan fingerprint density at radius 3 is 2.47 bits per heavy atom. The number of fused-ring (bicyclic) bond motifs is 4. The van der Waals surface area contributed by atoms with Crippen LogP contribution < -0.4 is 0 Å². The zero-order valence-electron chi connectivity index (χ0n) is 31.3. The van der Waals surface area contributed by atoms with Gasteiger partial charge in [0.15, 0.2) is 0 Å². The Hall–Kier alpha value is -3.70. The van der Waals surface area contributed by atoms with Crippen LogP contribution in [0.15, 0.2) is 71.4 Å². The first-order valence-electron chi connectivity index (χ1n) is 17.0. The molecule has 0 unspecified atom stereocenters. The molecule has 6 heteroatoms. The molecule has 0 aliphatic rings. The normalized spacial score (nSPS) is 13.7. The molecule has 0 amide bonds. The van der Waals surface area contributed by atoms with E-state index in [1.165, 1.54) is 34.1 Å². The molecule has 5 heterocycles. The smallest absolute Gasteiger partial charge is 0.216 e. The summed E-state index contributed by atoms with van der Waals surface area (Å²) < 4.78 is 47.5. The van der Waals surface area contributed by atoms with Crippen molar-refractivity contribution in [2.75, 3.05) is 0 Å². The molecule has 0 saturated carbocycles. The van der Waals surface area contributed by atoms with E-state index < -0.39 is 18.6 Å². The molecule has 231 valence electrons. The van der Waals surface area contributed by atoms with Gasteiger partial charge in [0, 0.05) is 65.7 Å². The molecule has 0 bridgehead atoms. The summed E-state index contributed by atoms with van der Waals surface area (Å²) in [6, 6.07) is 23.5. The average Bonchev–Trinajstić information content (AvgIpc) is 3.60. The molecule has 0 saturated heterocycles. The topological polar surface area (TPSA) is 51.8 Å². The Labute approximate surface area is 290 Å². The Bertz CT molecular complexity index is 2340. The van der Waals surface area contributed by atoms with Crippen molar-refractivity contribution in [1.29, 1.82) is 0 Å². The van der Waals surface area contributed by atoms with Gasteiger partial charge in [-0.3, -0.25) is 0 Å². The summed E-state index contributed by atoms with van der Waals surface area (Å²) in [6.07, 6.45) is 2.11. The molecule has 5 aromatic heterocycles. The van der Waals surface area contributed by atoms with Gasteiger partial charge in [0.05, 0.1) is 5.58 Å². The van der Waals surface area contributed by atoms with Gasteiger partial charge in [-0.2, -0.15) is 0 Å². The number of nitrogens with zero attached hydrogens (tertiary/aromatic N) is 3. The summed E-state index contributed by atoms with van der Waals surface area (Å²) in [7, 11) is 0. The van der Waals surface area contributed by atoms with Crippen LogP contribution in [0.5, 0.6) is 0 Å². The molecule has 0 spiro atoms. The minimum Gasteiger partial charge on any atom is -0.486 e. The van der Waals surface area contributed by atoms with E-state index in [4.69, 9.17) is 11.3 Å². The Morgan fingerprint density at radius 2 is 1.76 bits per heavy atom. The third-order valence-corrected chi connectivity index (χ3v) is 8.72. The number of thiophene rings is 1. The molecule has 0 aliphatic heterocycles. The predicted molar refractivity (Wildman–Crippen MR) is 184 cm³/mol. The van der Waals surface area contributed by atoms with Crippen LogP contribution in [0.4, 0.5) is 0 Å². The summed E-state index contributed by atoms with van der Waals surface area (Å²) in [4.78, 5) is 14.0. The molecule has 0 N–H and O–H groups in total. The van der Waals surface area contributed by atoms with Crippen LogP contribution in [0.3, 0.4) is 0 Å². The molecular weight excluding hydrogens is 751 g/mol. The quantitative estimate of drug-likeness (QED) is 0.167. The standard InChI is InChI=1S/C25H23N2OS.C14H14N.Ir/c1-14-9-10-18-17-7-6-8-19(22(17)28-24(18)27-14)21-23-16(11-12-26-21)15(2)20(29-23)13-25(3,4)5;1-10-4-6-13(7-5-10)14-8-11(2)12(3)9-15-14;/h6-7,9-12H,13H2,1-5H3;4-6,8-9H,1-3H3;/q2*-1;/i1D3,13D2;;. The monoisotopic (exact) mass is 793 g/mol. The van der Waals surface area contributed by atoms with Gasteiger partial charge in [0.1, 0.15) is 0 Å². The number of hydrogen-bond acceptors (Lipinski definition) is 5. The minimum absolute atomic E-state index is 0. The molecule has 45 heavy (non-hydrogen) atoms. The Balaban J connectivity index is 0.000000255. The maximum Gasteiger partial charge on any atom is 0.216 e. The maximum absolute atomic E-state index is 8.82. The molecule has 0 aliphatic carbocycles. The van der Waals surface area contributed by atoms with Crippen LogP contribution in [0.2, 0.25) is 0 Å². The number of aromatic nitrogens is 3. The minimum atomic E-state index is -2.33. The summed E-state index contributed by atoms with van der Waals surface area (Å²) in [5, 5.41) is 2.46. The van der Waals surface area contributed by atoms with Crippen molar-refractivity contribution in [2.24, 2.45) is 5.41 Å². The van der Waals surface area contributed by atoms with Gasteiger partial charge >= 0.3 is 0 Å². The second-order valence-corrected chi connectivity index (χ2v) is 13.2. The van der Waals surface area contributed by atoms with Gasteiger partial charge in [-0.05, 0) is 79.8 Å². The number of benzene rings is 2. The van der Waals surface area contributed by atoms with E-state index in [2.05, 4.69) is 66.1 Å². The van der Waals surface area contributed by atoms with Crippen LogP contribution in [0, 0.1) is 52.1 Å². The Morgan fingerprint density at radius 1 is 0.933 bits per heavy atom. The predicted octanol–water partition coefficient (Wildman–Crippen LogP) is 10.7. The fourth-order valence-electron chi connectivity index (χ4n) is 5.02. The number of rotatable bonds is 3. The average molecular weight is 793 g/mol. The molecule has 1 radical (unpaired) electrons. The third kappa shape index (κ3) is 6.79. The van der Waals surface area contributed by atoms with E-state index in [-0.39, 0.29) is 31.5 Å². The summed E-state index contributed by atoms with van der Waals surface area (Å²) in [5.41, 5.74) is 8.16. The van der Waals surface area contributed by atoms with Crippen LogP contribution >= 0.6 is 11.3 Å². The van der Waals surface area contributed by atoms with Crippen molar-refractivity contribution in [1.82, 2.24) is 15.0 Å². The number of hydrogen-bond donors (Lipinski definition) is 0. The fourth-order valence-corrected chi connectivity index (χ4v) is 6.42. The van der Waals surface area contributed by atoms with Crippen molar-refractivity contribution in [2.45, 2.75) is 61.7 Å². The molecule has 7 aromatic rings. The van der Waals surface area contributed by atoms with E-state index in [0.717, 1.165) is 37.7 Å². The first-order valence-corrected chi connectivity index (χ1v) is 15.3. The van der Waals surface area contributed by atoms with E-state index in [1.54, 1.807) is 18.3 Å². The third-order valence-electron chi connectivity index (χ3n) is 7.49. The second-order valence-electron chi connectivity index (χ2n) is 12.1. The molecule has 0 atom stereocenters. The summed E-state index contributed by atoms with van der Waals surface area (Å²) in [5.74, 6) is 0. The zero-order chi connectivity index (χ0) is 35.5. The summed E-state index contributed by atoms with van der Waals surface area (Å²) in [6.45, 7) is 11.6. The zero-order valence-corrected chi connectivity index (χ0v) is 29.6. The largest absolute Gasteiger partial charge is 0.486 e. The van der Waals surface area contributed by atoms with Crippen molar-refractivity contribution in [3.63, 3.8) is 0 Å². The molecule has 7 rings (SSSR count). The van der Waals surface area contributed by atoms with Gasteiger partial charge in [-0.25, -0.2) is 4.98 Å². The molecular formula is C39H37IrN3OS-2.